The molecular formula is C12H10BrNO3. The second-order valence-corrected chi connectivity index (χ2v) is 4.44. The molecule has 0 unspecified atom stereocenters. The summed E-state index contributed by atoms with van der Waals surface area (Å²) in [6, 6.07) is 3.79. The average molecular weight is 296 g/mol. The Morgan fingerprint density at radius 1 is 1.35 bits per heavy atom. The molecule has 4 nitrogen and oxygen atoms in total. The minimum atomic E-state index is -0.862. The molecule has 1 aromatic heterocycles. The van der Waals surface area contributed by atoms with Gasteiger partial charge in [-0.3, -0.25) is 4.79 Å². The van der Waals surface area contributed by atoms with Crippen LogP contribution in [0, 0.1) is 6.92 Å². The molecule has 5 heteroatoms. The normalized spacial score (nSPS) is 10.5. The van der Waals surface area contributed by atoms with Gasteiger partial charge in [-0.25, -0.2) is 4.79 Å². The number of carbonyl (C=O) groups is 2. The number of nitrogens with one attached hydrogen (secondary N) is 1. The summed E-state index contributed by atoms with van der Waals surface area (Å²) in [5, 5.41) is 0.709. The zero-order chi connectivity index (χ0) is 12.6. The molecule has 1 aromatic carbocycles. The van der Waals surface area contributed by atoms with Crippen LogP contribution in [0.1, 0.15) is 15.9 Å². The van der Waals surface area contributed by atoms with Gasteiger partial charge in [0.1, 0.15) is 0 Å². The first-order valence-corrected chi connectivity index (χ1v) is 5.74. The van der Waals surface area contributed by atoms with Gasteiger partial charge in [-0.2, -0.15) is 0 Å². The molecule has 17 heavy (non-hydrogen) atoms. The van der Waals surface area contributed by atoms with E-state index in [2.05, 4.69) is 25.7 Å². The second-order valence-electron chi connectivity index (χ2n) is 3.64. The Kier molecular flexibility index (Phi) is 3.02. The summed E-state index contributed by atoms with van der Waals surface area (Å²) >= 11 is 3.43. The van der Waals surface area contributed by atoms with E-state index in [1.807, 2.05) is 19.1 Å². The molecule has 0 radical (unpaired) electrons. The molecule has 0 aliphatic heterocycles. The number of H-pyrrole nitrogens is 1. The van der Waals surface area contributed by atoms with Crippen molar-refractivity contribution in [2.24, 2.45) is 0 Å². The van der Waals surface area contributed by atoms with E-state index in [0.717, 1.165) is 15.6 Å². The number of aromatic amines is 1. The number of benzene rings is 1. The number of Topliss-reactive ketones (excluding diaryl/α,β-unsaturated/α-hetero) is 1. The number of carbonyl (C=O) groups excluding carboxylic acids is 2. The topological polar surface area (TPSA) is 59.2 Å². The van der Waals surface area contributed by atoms with Gasteiger partial charge in [-0.15, -0.1) is 0 Å². The molecule has 0 aliphatic carbocycles. The van der Waals surface area contributed by atoms with Crippen LogP contribution in [0.2, 0.25) is 0 Å². The van der Waals surface area contributed by atoms with E-state index in [9.17, 15) is 9.59 Å². The summed E-state index contributed by atoms with van der Waals surface area (Å²) in [5.74, 6) is -1.51. The fourth-order valence-electron chi connectivity index (χ4n) is 1.67. The Morgan fingerprint density at radius 3 is 2.71 bits per heavy atom. The van der Waals surface area contributed by atoms with Gasteiger partial charge in [-0.05, 0) is 34.5 Å². The molecule has 0 fully saturated rings. The zero-order valence-electron chi connectivity index (χ0n) is 9.33. The summed E-state index contributed by atoms with van der Waals surface area (Å²) < 4.78 is 5.25. The van der Waals surface area contributed by atoms with Crippen molar-refractivity contribution in [1.29, 1.82) is 0 Å². The summed E-state index contributed by atoms with van der Waals surface area (Å²) in [7, 11) is 1.19. The third-order valence-corrected chi connectivity index (χ3v) is 3.61. The Labute approximate surface area is 106 Å². The van der Waals surface area contributed by atoms with Crippen molar-refractivity contribution >= 4 is 38.6 Å². The Bertz CT molecular complexity index is 615. The van der Waals surface area contributed by atoms with Crippen molar-refractivity contribution in [3.05, 3.63) is 33.9 Å². The first kappa shape index (κ1) is 11.9. The van der Waals surface area contributed by atoms with Crippen molar-refractivity contribution in [2.75, 3.05) is 7.11 Å². The van der Waals surface area contributed by atoms with Crippen LogP contribution in [0.15, 0.2) is 22.8 Å². The molecule has 0 saturated heterocycles. The van der Waals surface area contributed by atoms with Crippen molar-refractivity contribution in [1.82, 2.24) is 4.98 Å². The van der Waals surface area contributed by atoms with Gasteiger partial charge in [0.25, 0.3) is 5.78 Å². The monoisotopic (exact) mass is 295 g/mol. The van der Waals surface area contributed by atoms with Crippen molar-refractivity contribution in [3.63, 3.8) is 0 Å². The van der Waals surface area contributed by atoms with Gasteiger partial charge in [0.05, 0.1) is 12.7 Å². The Morgan fingerprint density at radius 2 is 2.06 bits per heavy atom. The van der Waals surface area contributed by atoms with Gasteiger partial charge < -0.3 is 9.72 Å². The van der Waals surface area contributed by atoms with Crippen molar-refractivity contribution < 1.29 is 14.3 Å². The van der Waals surface area contributed by atoms with Crippen LogP contribution in [0.5, 0.6) is 0 Å². The molecule has 0 spiro atoms. The highest BCUT2D eigenvalue weighted by molar-refractivity contribution is 9.10. The van der Waals surface area contributed by atoms with Crippen LogP contribution >= 0.6 is 15.9 Å². The number of hydrogen-bond donors (Lipinski definition) is 1. The number of rotatable bonds is 2. The SMILES string of the molecule is COC(=O)C(=O)c1c[nH]c2ccc(C)c(Br)c12. The highest BCUT2D eigenvalue weighted by Gasteiger charge is 2.22. The standard InChI is InChI=1S/C12H10BrNO3/c1-6-3-4-8-9(10(6)13)7(5-14-8)11(15)12(16)17-2/h3-5,14H,1-2H3. The Balaban J connectivity index is 2.67. The number of hydrogen-bond acceptors (Lipinski definition) is 3. The van der Waals surface area contributed by atoms with Gasteiger partial charge in [0, 0.05) is 21.6 Å². The minimum absolute atomic E-state index is 0.322. The molecule has 0 saturated carbocycles. The number of halogens is 1. The fraction of sp³-hybridized carbons (Fsp3) is 0.167. The third kappa shape index (κ3) is 1.86. The highest BCUT2D eigenvalue weighted by Crippen LogP contribution is 2.30. The van der Waals surface area contributed by atoms with Crippen LogP contribution in [0.4, 0.5) is 0 Å². The number of esters is 1. The molecular weight excluding hydrogens is 286 g/mol. The van der Waals surface area contributed by atoms with Crippen molar-refractivity contribution in [2.45, 2.75) is 6.92 Å². The molecule has 0 atom stereocenters. The maximum atomic E-state index is 11.8. The first-order valence-electron chi connectivity index (χ1n) is 4.95. The van der Waals surface area contributed by atoms with Crippen LogP contribution in [-0.4, -0.2) is 23.8 Å². The quantitative estimate of drug-likeness (QED) is 0.526. The van der Waals surface area contributed by atoms with E-state index in [1.165, 1.54) is 13.3 Å². The van der Waals surface area contributed by atoms with E-state index < -0.39 is 11.8 Å². The van der Waals surface area contributed by atoms with E-state index >= 15 is 0 Å². The number of methoxy groups -OCH3 is 1. The smallest absolute Gasteiger partial charge is 0.379 e. The maximum absolute atomic E-state index is 11.8. The number of ether oxygens (including phenoxy) is 1. The van der Waals surface area contributed by atoms with Gasteiger partial charge in [0.15, 0.2) is 0 Å². The van der Waals surface area contributed by atoms with Crippen LogP contribution < -0.4 is 0 Å². The van der Waals surface area contributed by atoms with Gasteiger partial charge in [0.2, 0.25) is 0 Å². The number of aryl methyl sites for hydroxylation is 1. The van der Waals surface area contributed by atoms with Gasteiger partial charge >= 0.3 is 5.97 Å². The summed E-state index contributed by atoms with van der Waals surface area (Å²) in [6.07, 6.45) is 1.52. The van der Waals surface area contributed by atoms with E-state index in [1.54, 1.807) is 0 Å². The third-order valence-electron chi connectivity index (χ3n) is 2.59. The lowest BCUT2D eigenvalue weighted by Gasteiger charge is -2.02. The largest absolute Gasteiger partial charge is 0.463 e. The molecule has 0 amide bonds. The molecule has 2 aromatic rings. The van der Waals surface area contributed by atoms with Gasteiger partial charge in [-0.1, -0.05) is 6.07 Å². The highest BCUT2D eigenvalue weighted by atomic mass is 79.9. The van der Waals surface area contributed by atoms with Crippen LogP contribution in [0.3, 0.4) is 0 Å². The zero-order valence-corrected chi connectivity index (χ0v) is 10.9. The lowest BCUT2D eigenvalue weighted by Crippen LogP contribution is -2.15. The fourth-order valence-corrected chi connectivity index (χ4v) is 2.23. The van der Waals surface area contributed by atoms with E-state index in [-0.39, 0.29) is 0 Å². The number of aromatic nitrogens is 1. The molecule has 0 aliphatic rings. The lowest BCUT2D eigenvalue weighted by molar-refractivity contribution is -0.135. The maximum Gasteiger partial charge on any atom is 0.379 e. The summed E-state index contributed by atoms with van der Waals surface area (Å²) in [6.45, 7) is 1.92. The van der Waals surface area contributed by atoms with E-state index in [4.69, 9.17) is 0 Å². The molecule has 1 heterocycles. The molecule has 88 valence electrons. The predicted molar refractivity (Wildman–Crippen MR) is 67.1 cm³/mol. The summed E-state index contributed by atoms with van der Waals surface area (Å²) in [4.78, 5) is 26.0. The van der Waals surface area contributed by atoms with E-state index in [0.29, 0.717) is 10.9 Å². The molecule has 0 bridgehead atoms. The molecule has 2 rings (SSSR count). The van der Waals surface area contributed by atoms with Crippen LogP contribution in [0.25, 0.3) is 10.9 Å². The number of ketones is 1. The molecule has 1 N–H and O–H groups in total. The lowest BCUT2D eigenvalue weighted by atomic mass is 10.1. The minimum Gasteiger partial charge on any atom is -0.463 e. The summed E-state index contributed by atoms with van der Waals surface area (Å²) in [5.41, 5.74) is 2.12. The van der Waals surface area contributed by atoms with Crippen LogP contribution in [-0.2, 0) is 9.53 Å². The predicted octanol–water partition coefficient (Wildman–Crippen LogP) is 2.59. The Hall–Kier alpha value is -1.62. The first-order chi connectivity index (χ1) is 8.06. The van der Waals surface area contributed by atoms with Crippen molar-refractivity contribution in [3.8, 4) is 0 Å². The number of fused-ring (bicyclic) bond motifs is 1. The average Bonchev–Trinajstić information content (AvgIpc) is 2.76. The second kappa shape index (κ2) is 4.33.